The zero-order chi connectivity index (χ0) is 74.1. The molecule has 24 aromatic rings. The topological polar surface area (TPSA) is 76.5 Å². The highest BCUT2D eigenvalue weighted by atomic mass is 16.3. The molecular weight excluding hydrogens is 1380 g/mol. The number of aromatic nitrogens is 8. The van der Waals surface area contributed by atoms with Crippen LogP contribution in [0.4, 0.5) is 0 Å². The molecule has 0 saturated heterocycles. The zero-order valence-corrected chi connectivity index (χ0v) is 61.5. The van der Waals surface area contributed by atoms with Gasteiger partial charge in [-0.3, -0.25) is 13.7 Å². The Kier molecular flexibility index (Phi) is 12.7. The predicted octanol–water partition coefficient (Wildman–Crippen LogP) is 26.9. The van der Waals surface area contributed by atoms with Crippen LogP contribution in [0.5, 0.6) is 0 Å². The largest absolute Gasteiger partial charge is 0.456 e. The van der Waals surface area contributed by atoms with E-state index in [4.69, 9.17) is 19.4 Å². The molecule has 0 radical (unpaired) electrons. The SMILES string of the molecule is CC1(C)c2ccccc2-c2cc3c4ccccc4n(-c4nc(-n5c6ccccc6c6cc(-c7ccc8oc9ccccc9c8c7)ccc65)nc(-n5c6ccc(-c7ccc8c(c7)c7ccccc7n8-c7ccc8ccccc8c7)cc6c6cc(-c7ccc8c(c7)c7ccccc7n8-c7ccc8ccccc8c7)ccc65)n4)c3cc21. The smallest absolute Gasteiger partial charge is 0.241 e. The Morgan fingerprint density at radius 2 is 0.540 bits per heavy atom. The minimum Gasteiger partial charge on any atom is -0.456 e. The molecular formula is C104H64N8O. The number of nitrogens with zero attached hydrogens (tertiary/aromatic N) is 8. The quantitative estimate of drug-likeness (QED) is 0.152. The third kappa shape index (κ3) is 8.95. The highest BCUT2D eigenvalue weighted by Gasteiger charge is 2.37. The second kappa shape index (κ2) is 23.1. The van der Waals surface area contributed by atoms with E-state index in [1.807, 2.05) is 12.1 Å². The van der Waals surface area contributed by atoms with Crippen LogP contribution in [0.2, 0.25) is 0 Å². The number of hydrogen-bond donors (Lipinski definition) is 0. The van der Waals surface area contributed by atoms with Crippen LogP contribution in [0.3, 0.4) is 0 Å². The summed E-state index contributed by atoms with van der Waals surface area (Å²) in [5, 5.41) is 18.4. The molecule has 17 aromatic carbocycles. The molecule has 0 saturated carbocycles. The summed E-state index contributed by atoms with van der Waals surface area (Å²) in [5.74, 6) is 1.48. The van der Waals surface area contributed by atoms with Crippen molar-refractivity contribution in [3.05, 3.63) is 363 Å². The van der Waals surface area contributed by atoms with Gasteiger partial charge in [0.2, 0.25) is 17.8 Å². The summed E-state index contributed by atoms with van der Waals surface area (Å²) in [6.07, 6.45) is 0. The average molecular weight is 1440 g/mol. The number of benzene rings is 17. The third-order valence-electron chi connectivity index (χ3n) is 24.7. The van der Waals surface area contributed by atoms with Crippen LogP contribution in [-0.2, 0) is 5.41 Å². The summed E-state index contributed by atoms with van der Waals surface area (Å²) < 4.78 is 18.0. The monoisotopic (exact) mass is 1440 g/mol. The van der Waals surface area contributed by atoms with Gasteiger partial charge < -0.3 is 13.6 Å². The Hall–Kier alpha value is -14.9. The van der Waals surface area contributed by atoms with Gasteiger partial charge in [-0.05, 0) is 217 Å². The summed E-state index contributed by atoms with van der Waals surface area (Å²) in [4.78, 5) is 17.6. The van der Waals surface area contributed by atoms with Gasteiger partial charge in [0.25, 0.3) is 0 Å². The summed E-state index contributed by atoms with van der Waals surface area (Å²) in [7, 11) is 0. The van der Waals surface area contributed by atoms with E-state index < -0.39 is 0 Å². The van der Waals surface area contributed by atoms with Crippen LogP contribution in [0.25, 0.3) is 226 Å². The molecule has 1 aliphatic carbocycles. The van der Waals surface area contributed by atoms with E-state index >= 15 is 0 Å². The fourth-order valence-electron chi connectivity index (χ4n) is 19.4. The maximum absolute atomic E-state index is 6.34. The maximum atomic E-state index is 6.34. The van der Waals surface area contributed by atoms with Crippen molar-refractivity contribution < 1.29 is 4.42 Å². The van der Waals surface area contributed by atoms with Crippen LogP contribution in [0.1, 0.15) is 25.0 Å². The Bertz CT molecular complexity index is 8060. The first-order valence-electron chi connectivity index (χ1n) is 38.8. The first kappa shape index (κ1) is 62.0. The fourth-order valence-corrected chi connectivity index (χ4v) is 19.4. The van der Waals surface area contributed by atoms with Gasteiger partial charge in [-0.15, -0.1) is 0 Å². The van der Waals surface area contributed by atoms with Crippen molar-refractivity contribution in [2.75, 3.05) is 0 Å². The standard InChI is InChI=1S/C104H64N8O/c1-104(2)87-29-13-7-23-73(87)79-59-85-77-27-11-17-33-92(77)112(98(85)60-88(79)104)103-106-101(110-91-32-16-10-26-76(91)82-55-67(39-47-95(82)110)70-42-50-100-86(58-70)78-28-12-18-34-99(78)113-100)105-102(107-103)111-96-48-40-68(65-37-45-93-80(53-65)74-24-8-14-30-89(74)108(93)71-43-35-61-19-3-5-21-63(61)51-71)56-83(96)84-57-69(41-49-97(84)111)66-38-46-94-81(54-66)75-25-9-15-31-90(75)109(94)72-44-36-62-20-4-6-22-64(62)52-72/h3-60H,1-2H3. The van der Waals surface area contributed by atoms with Crippen LogP contribution in [0.15, 0.2) is 356 Å². The second-order valence-corrected chi connectivity index (χ2v) is 31.1. The molecule has 0 spiro atoms. The molecule has 0 aliphatic heterocycles. The molecule has 0 atom stereocenters. The Balaban J connectivity index is 0.735. The summed E-state index contributed by atoms with van der Waals surface area (Å²) in [6, 6.07) is 129. The summed E-state index contributed by atoms with van der Waals surface area (Å²) in [5.41, 5.74) is 26.0. The molecule has 113 heavy (non-hydrogen) atoms. The van der Waals surface area contributed by atoms with Crippen molar-refractivity contribution in [3.8, 4) is 73.7 Å². The minimum absolute atomic E-state index is 0.275. The molecule has 9 nitrogen and oxygen atoms in total. The lowest BCUT2D eigenvalue weighted by Crippen LogP contribution is -2.15. The van der Waals surface area contributed by atoms with Crippen molar-refractivity contribution >= 4 is 153 Å². The first-order valence-corrected chi connectivity index (χ1v) is 38.8. The van der Waals surface area contributed by atoms with Crippen LogP contribution in [0, 0.1) is 0 Å². The van der Waals surface area contributed by atoms with Crippen LogP contribution >= 0.6 is 0 Å². The second-order valence-electron chi connectivity index (χ2n) is 31.1. The van der Waals surface area contributed by atoms with Crippen molar-refractivity contribution in [2.24, 2.45) is 0 Å². The Morgan fingerprint density at radius 1 is 0.212 bits per heavy atom. The van der Waals surface area contributed by atoms with Crippen molar-refractivity contribution in [2.45, 2.75) is 19.3 Å². The van der Waals surface area contributed by atoms with Crippen molar-refractivity contribution in [1.82, 2.24) is 37.8 Å². The number of rotatable bonds is 8. The predicted molar refractivity (Wildman–Crippen MR) is 468 cm³/mol. The van der Waals surface area contributed by atoms with E-state index in [9.17, 15) is 0 Å². The lowest BCUT2D eigenvalue weighted by Gasteiger charge is -2.21. The Labute approximate surface area is 646 Å². The number of para-hydroxylation sites is 5. The van der Waals surface area contributed by atoms with Gasteiger partial charge in [0, 0.05) is 81.4 Å². The minimum atomic E-state index is -0.275. The van der Waals surface area contributed by atoms with E-state index in [1.54, 1.807) is 0 Å². The summed E-state index contributed by atoms with van der Waals surface area (Å²) in [6.45, 7) is 4.71. The van der Waals surface area contributed by atoms with Crippen LogP contribution < -0.4 is 0 Å². The molecule has 526 valence electrons. The summed E-state index contributed by atoms with van der Waals surface area (Å²) >= 11 is 0. The van der Waals surface area contributed by atoms with Crippen LogP contribution in [-0.4, -0.2) is 37.8 Å². The number of furan rings is 1. The van der Waals surface area contributed by atoms with E-state index in [-0.39, 0.29) is 5.41 Å². The highest BCUT2D eigenvalue weighted by Crippen LogP contribution is 2.52. The molecule has 0 amide bonds. The lowest BCUT2D eigenvalue weighted by atomic mass is 9.82. The van der Waals surface area contributed by atoms with Crippen molar-refractivity contribution in [3.63, 3.8) is 0 Å². The molecule has 7 aromatic heterocycles. The number of fused-ring (bicyclic) bond motifs is 23. The molecule has 0 N–H and O–H groups in total. The van der Waals surface area contributed by atoms with E-state index in [1.165, 1.54) is 65.3 Å². The molecule has 7 heterocycles. The van der Waals surface area contributed by atoms with E-state index in [0.717, 1.165) is 154 Å². The third-order valence-corrected chi connectivity index (χ3v) is 24.7. The average Bonchev–Trinajstić information content (AvgIpc) is 1.55. The normalized spacial score (nSPS) is 12.9. The van der Waals surface area contributed by atoms with Gasteiger partial charge >= 0.3 is 0 Å². The lowest BCUT2D eigenvalue weighted by molar-refractivity contribution is 0.661. The number of hydrogen-bond acceptors (Lipinski definition) is 4. The van der Waals surface area contributed by atoms with E-state index in [2.05, 4.69) is 376 Å². The molecule has 9 heteroatoms. The zero-order valence-electron chi connectivity index (χ0n) is 61.5. The molecule has 0 bridgehead atoms. The van der Waals surface area contributed by atoms with Gasteiger partial charge in [0.05, 0.1) is 55.2 Å². The molecule has 0 unspecified atom stereocenters. The fraction of sp³-hybridized carbons (Fsp3) is 0.0288. The molecule has 1 aliphatic rings. The van der Waals surface area contributed by atoms with Gasteiger partial charge in [0.1, 0.15) is 11.2 Å². The van der Waals surface area contributed by atoms with E-state index in [0.29, 0.717) is 17.8 Å². The first-order chi connectivity index (χ1) is 55.7. The molecule has 25 rings (SSSR count). The maximum Gasteiger partial charge on any atom is 0.241 e. The van der Waals surface area contributed by atoms with Gasteiger partial charge in [-0.25, -0.2) is 0 Å². The van der Waals surface area contributed by atoms with Gasteiger partial charge in [-0.2, -0.15) is 15.0 Å². The van der Waals surface area contributed by atoms with Gasteiger partial charge in [0.15, 0.2) is 0 Å². The van der Waals surface area contributed by atoms with Gasteiger partial charge in [-0.1, -0.05) is 226 Å². The Morgan fingerprint density at radius 3 is 1.01 bits per heavy atom. The van der Waals surface area contributed by atoms with Crippen molar-refractivity contribution in [1.29, 1.82) is 0 Å². The molecule has 0 fully saturated rings. The highest BCUT2D eigenvalue weighted by molar-refractivity contribution is 6.17.